The molecule has 1 aromatic carbocycles. The van der Waals surface area contributed by atoms with E-state index in [-0.39, 0.29) is 5.90 Å². The Kier molecular flexibility index (Phi) is 2.05. The number of rotatable bonds is 1. The molecule has 0 aliphatic carbocycles. The molecule has 0 bridgehead atoms. The third-order valence-corrected chi connectivity index (χ3v) is 1.22. The maximum atomic E-state index is 10.8. The molecule has 0 aliphatic heterocycles. The number of hydrogen-bond acceptors (Lipinski definition) is 2. The molecule has 0 radical (unpaired) electrons. The molecule has 0 saturated carbocycles. The van der Waals surface area contributed by atoms with Crippen LogP contribution in [0.25, 0.3) is 0 Å². The van der Waals surface area contributed by atoms with Gasteiger partial charge in [-0.2, -0.15) is 0 Å². The van der Waals surface area contributed by atoms with Crippen LogP contribution in [0.15, 0.2) is 35.3 Å². The second kappa shape index (κ2) is 3.01. The van der Waals surface area contributed by atoms with Gasteiger partial charge in [0.15, 0.2) is 0 Å². The molecule has 0 N–H and O–H groups in total. The molecule has 0 amide bonds. The van der Waals surface area contributed by atoms with Crippen molar-refractivity contribution in [3.05, 3.63) is 35.9 Å². The lowest BCUT2D eigenvalue weighted by Gasteiger charge is -2.07. The molecular weight excluding hydrogens is 126 g/mol. The van der Waals surface area contributed by atoms with Gasteiger partial charge in [-0.15, -0.1) is 0 Å². The molecule has 0 atom stereocenters. The minimum Gasteiger partial charge on any atom is -0.859 e. The Morgan fingerprint density at radius 1 is 1.30 bits per heavy atom. The van der Waals surface area contributed by atoms with E-state index in [1.165, 1.54) is 7.05 Å². The van der Waals surface area contributed by atoms with Crippen LogP contribution in [-0.2, 0) is 0 Å². The van der Waals surface area contributed by atoms with Crippen molar-refractivity contribution in [1.82, 2.24) is 0 Å². The molecule has 0 heterocycles. The van der Waals surface area contributed by atoms with Gasteiger partial charge in [-0.3, -0.25) is 0 Å². The highest BCUT2D eigenvalue weighted by Crippen LogP contribution is 1.95. The molecule has 0 spiro atoms. The van der Waals surface area contributed by atoms with Crippen molar-refractivity contribution >= 4 is 5.90 Å². The summed E-state index contributed by atoms with van der Waals surface area (Å²) in [6.45, 7) is 0. The van der Waals surface area contributed by atoms with Crippen LogP contribution in [0.1, 0.15) is 5.56 Å². The van der Waals surface area contributed by atoms with Crippen LogP contribution in [0.3, 0.4) is 0 Å². The molecule has 10 heavy (non-hydrogen) atoms. The molecule has 0 aromatic heterocycles. The average molecular weight is 134 g/mol. The van der Waals surface area contributed by atoms with E-state index in [4.69, 9.17) is 0 Å². The van der Waals surface area contributed by atoms with E-state index in [0.29, 0.717) is 5.56 Å². The summed E-state index contributed by atoms with van der Waals surface area (Å²) in [7, 11) is 1.50. The molecular formula is C8H8NO-. The highest BCUT2D eigenvalue weighted by atomic mass is 16.3. The van der Waals surface area contributed by atoms with E-state index >= 15 is 0 Å². The van der Waals surface area contributed by atoms with Crippen LogP contribution in [0.5, 0.6) is 0 Å². The Bertz CT molecular complexity index is 228. The summed E-state index contributed by atoms with van der Waals surface area (Å²) < 4.78 is 0. The first-order valence-electron chi connectivity index (χ1n) is 3.04. The first-order valence-corrected chi connectivity index (χ1v) is 3.04. The summed E-state index contributed by atoms with van der Waals surface area (Å²) >= 11 is 0. The van der Waals surface area contributed by atoms with Crippen molar-refractivity contribution in [2.45, 2.75) is 0 Å². The quantitative estimate of drug-likeness (QED) is 0.405. The van der Waals surface area contributed by atoms with Gasteiger partial charge in [-0.1, -0.05) is 30.3 Å². The van der Waals surface area contributed by atoms with Gasteiger partial charge in [0.25, 0.3) is 0 Å². The van der Waals surface area contributed by atoms with Crippen molar-refractivity contribution in [2.75, 3.05) is 7.05 Å². The fourth-order valence-corrected chi connectivity index (χ4v) is 0.710. The van der Waals surface area contributed by atoms with E-state index in [0.717, 1.165) is 0 Å². The van der Waals surface area contributed by atoms with E-state index in [1.54, 1.807) is 12.1 Å². The number of nitrogens with zero attached hydrogens (tertiary/aromatic N) is 1. The van der Waals surface area contributed by atoms with Crippen LogP contribution in [0, 0.1) is 0 Å². The van der Waals surface area contributed by atoms with Crippen molar-refractivity contribution < 1.29 is 5.11 Å². The molecule has 52 valence electrons. The van der Waals surface area contributed by atoms with E-state index in [1.807, 2.05) is 18.2 Å². The Hall–Kier alpha value is -1.31. The first-order chi connectivity index (χ1) is 4.84. The van der Waals surface area contributed by atoms with Crippen LogP contribution in [-0.4, -0.2) is 12.9 Å². The third-order valence-electron chi connectivity index (χ3n) is 1.22. The lowest BCUT2D eigenvalue weighted by Crippen LogP contribution is -2.17. The fraction of sp³-hybridized carbons (Fsp3) is 0.125. The van der Waals surface area contributed by atoms with Crippen molar-refractivity contribution in [3.63, 3.8) is 0 Å². The lowest BCUT2D eigenvalue weighted by molar-refractivity contribution is -0.213. The van der Waals surface area contributed by atoms with Gasteiger partial charge in [0, 0.05) is 7.05 Å². The summed E-state index contributed by atoms with van der Waals surface area (Å²) in [6, 6.07) is 8.99. The maximum absolute atomic E-state index is 10.8. The smallest absolute Gasteiger partial charge is 0.0270 e. The standard InChI is InChI=1S/C8H9NO/c1-9-8(10)7-5-3-2-4-6-7/h2-6H,1H3,(H,9,10)/p-1. The van der Waals surface area contributed by atoms with Gasteiger partial charge in [0.05, 0.1) is 0 Å². The molecule has 1 rings (SSSR count). The van der Waals surface area contributed by atoms with Crippen LogP contribution in [0.4, 0.5) is 0 Å². The van der Waals surface area contributed by atoms with Gasteiger partial charge < -0.3 is 10.1 Å². The Labute approximate surface area is 59.9 Å². The molecule has 2 nitrogen and oxygen atoms in total. The Balaban J connectivity index is 2.96. The van der Waals surface area contributed by atoms with Gasteiger partial charge in [0.1, 0.15) is 0 Å². The molecule has 0 aliphatic rings. The predicted octanol–water partition coefficient (Wildman–Crippen LogP) is 0.423. The number of hydrogen-bond donors (Lipinski definition) is 0. The zero-order valence-electron chi connectivity index (χ0n) is 5.74. The van der Waals surface area contributed by atoms with Crippen LogP contribution >= 0.6 is 0 Å². The van der Waals surface area contributed by atoms with Crippen molar-refractivity contribution in [3.8, 4) is 0 Å². The molecule has 2 heteroatoms. The second-order valence-corrected chi connectivity index (χ2v) is 1.89. The van der Waals surface area contributed by atoms with E-state index in [9.17, 15) is 5.11 Å². The molecule has 0 fully saturated rings. The topological polar surface area (TPSA) is 35.4 Å². The largest absolute Gasteiger partial charge is 0.859 e. The third kappa shape index (κ3) is 1.35. The summed E-state index contributed by atoms with van der Waals surface area (Å²) in [5, 5.41) is 10.8. The van der Waals surface area contributed by atoms with Gasteiger partial charge in [-0.25, -0.2) is 0 Å². The van der Waals surface area contributed by atoms with Crippen molar-refractivity contribution in [2.24, 2.45) is 4.99 Å². The Morgan fingerprint density at radius 2 is 1.90 bits per heavy atom. The van der Waals surface area contributed by atoms with Gasteiger partial charge in [-0.05, 0) is 11.5 Å². The first kappa shape index (κ1) is 6.81. The minimum absolute atomic E-state index is 0.166. The summed E-state index contributed by atoms with van der Waals surface area (Å²) in [4.78, 5) is 3.52. The normalized spacial score (nSPS) is 11.5. The summed E-state index contributed by atoms with van der Waals surface area (Å²) in [5.74, 6) is -0.166. The van der Waals surface area contributed by atoms with E-state index < -0.39 is 0 Å². The van der Waals surface area contributed by atoms with Crippen molar-refractivity contribution in [1.29, 1.82) is 0 Å². The molecule has 1 aromatic rings. The summed E-state index contributed by atoms with van der Waals surface area (Å²) in [6.07, 6.45) is 0. The Morgan fingerprint density at radius 3 is 2.40 bits per heavy atom. The maximum Gasteiger partial charge on any atom is 0.0270 e. The lowest BCUT2D eigenvalue weighted by atomic mass is 10.2. The highest BCUT2D eigenvalue weighted by molar-refractivity contribution is 5.90. The molecule has 0 saturated heterocycles. The van der Waals surface area contributed by atoms with Crippen LogP contribution in [0.2, 0.25) is 0 Å². The zero-order valence-corrected chi connectivity index (χ0v) is 5.74. The van der Waals surface area contributed by atoms with E-state index in [2.05, 4.69) is 4.99 Å². The second-order valence-electron chi connectivity index (χ2n) is 1.89. The fourth-order valence-electron chi connectivity index (χ4n) is 0.710. The van der Waals surface area contributed by atoms with Gasteiger partial charge in [0.2, 0.25) is 0 Å². The summed E-state index contributed by atoms with van der Waals surface area (Å²) in [5.41, 5.74) is 0.644. The predicted molar refractivity (Wildman–Crippen MR) is 38.9 cm³/mol. The monoisotopic (exact) mass is 134 g/mol. The van der Waals surface area contributed by atoms with Crippen LogP contribution < -0.4 is 5.11 Å². The molecule has 0 unspecified atom stereocenters. The SMILES string of the molecule is CN=C([O-])c1ccccc1. The minimum atomic E-state index is -0.166. The number of benzene rings is 1. The zero-order chi connectivity index (χ0) is 7.40. The average Bonchev–Trinajstić information content (AvgIpc) is 2.05. The highest BCUT2D eigenvalue weighted by Gasteiger charge is 1.84. The van der Waals surface area contributed by atoms with Gasteiger partial charge >= 0.3 is 0 Å². The number of aliphatic imine (C=N–C) groups is 1.